The predicted octanol–water partition coefficient (Wildman–Crippen LogP) is 4.35. The molecule has 6 nitrogen and oxygen atoms in total. The summed E-state index contributed by atoms with van der Waals surface area (Å²) in [5, 5.41) is 7.14. The van der Waals surface area contributed by atoms with Gasteiger partial charge < -0.3 is 4.90 Å². The molecule has 0 spiro atoms. The first-order chi connectivity index (χ1) is 14.9. The lowest BCUT2D eigenvalue weighted by Gasteiger charge is -2.31. The normalized spacial score (nSPS) is 14.6. The summed E-state index contributed by atoms with van der Waals surface area (Å²) in [5.74, 6) is 0.788. The molecule has 1 fully saturated rings. The molecule has 1 aliphatic heterocycles. The van der Waals surface area contributed by atoms with E-state index in [1.54, 1.807) is 4.57 Å². The van der Waals surface area contributed by atoms with Crippen LogP contribution in [0.2, 0.25) is 0 Å². The molecular weight excluding hydrogens is 408 g/mol. The summed E-state index contributed by atoms with van der Waals surface area (Å²) in [6.07, 6.45) is 1.36. The average Bonchev–Trinajstić information content (AvgIpc) is 3.14. The maximum Gasteiger partial charge on any atom is 0.242 e. The molecule has 1 amide bonds. The number of ketones is 1. The maximum atomic E-state index is 13.0. The molecule has 2 heterocycles. The van der Waals surface area contributed by atoms with Crippen LogP contribution in [-0.2, 0) is 11.3 Å². The molecule has 160 valence electrons. The van der Waals surface area contributed by atoms with E-state index in [9.17, 15) is 9.59 Å². The summed E-state index contributed by atoms with van der Waals surface area (Å²) >= 11 is 5.37. The second kappa shape index (κ2) is 8.98. The fourth-order valence-corrected chi connectivity index (χ4v) is 4.25. The molecule has 0 atom stereocenters. The fourth-order valence-electron chi connectivity index (χ4n) is 4.05. The zero-order chi connectivity index (χ0) is 22.0. The van der Waals surface area contributed by atoms with Crippen molar-refractivity contribution in [1.82, 2.24) is 19.7 Å². The number of hydrogen-bond donors (Lipinski definition) is 1. The second-order valence-corrected chi connectivity index (χ2v) is 8.58. The molecule has 0 saturated carbocycles. The van der Waals surface area contributed by atoms with Crippen LogP contribution in [0.4, 0.5) is 0 Å². The van der Waals surface area contributed by atoms with Crippen LogP contribution in [0.1, 0.15) is 34.3 Å². The highest BCUT2D eigenvalue weighted by atomic mass is 32.1. The summed E-state index contributed by atoms with van der Waals surface area (Å²) in [7, 11) is 0. The number of piperidine rings is 1. The molecule has 4 rings (SSSR count). The highest BCUT2D eigenvalue weighted by molar-refractivity contribution is 7.71. The summed E-state index contributed by atoms with van der Waals surface area (Å²) < 4.78 is 2.17. The van der Waals surface area contributed by atoms with Gasteiger partial charge in [0.15, 0.2) is 16.4 Å². The molecule has 0 bridgehead atoms. The fraction of sp³-hybridized carbons (Fsp3) is 0.333. The number of amides is 1. The van der Waals surface area contributed by atoms with E-state index < -0.39 is 0 Å². The first kappa shape index (κ1) is 21.2. The van der Waals surface area contributed by atoms with Gasteiger partial charge in [0, 0.05) is 30.1 Å². The van der Waals surface area contributed by atoms with Crippen LogP contribution in [0.15, 0.2) is 48.5 Å². The minimum Gasteiger partial charge on any atom is -0.341 e. The predicted molar refractivity (Wildman–Crippen MR) is 122 cm³/mol. The lowest BCUT2D eigenvalue weighted by atomic mass is 9.88. The van der Waals surface area contributed by atoms with Crippen molar-refractivity contribution in [3.8, 4) is 11.4 Å². The number of aromatic amines is 1. The number of nitrogens with zero attached hydrogens (tertiary/aromatic N) is 3. The summed E-state index contributed by atoms with van der Waals surface area (Å²) in [6.45, 7) is 5.31. The van der Waals surface area contributed by atoms with Crippen molar-refractivity contribution in [3.05, 3.63) is 70.0 Å². The number of aromatic nitrogens is 3. The number of likely N-dealkylation sites (tertiary alicyclic amines) is 1. The van der Waals surface area contributed by atoms with Crippen molar-refractivity contribution in [3.63, 3.8) is 0 Å². The molecule has 1 saturated heterocycles. The van der Waals surface area contributed by atoms with Crippen LogP contribution in [0, 0.1) is 24.5 Å². The van der Waals surface area contributed by atoms with Crippen LogP contribution in [0.5, 0.6) is 0 Å². The summed E-state index contributed by atoms with van der Waals surface area (Å²) in [4.78, 5) is 27.6. The molecule has 3 aromatic rings. The first-order valence-electron chi connectivity index (χ1n) is 10.5. The number of hydrogen-bond acceptors (Lipinski definition) is 4. The van der Waals surface area contributed by atoms with Crippen LogP contribution < -0.4 is 0 Å². The van der Waals surface area contributed by atoms with E-state index in [1.807, 2.05) is 67.3 Å². The Hall–Kier alpha value is -3.06. The highest BCUT2D eigenvalue weighted by Crippen LogP contribution is 2.23. The van der Waals surface area contributed by atoms with E-state index in [2.05, 4.69) is 10.2 Å². The lowest BCUT2D eigenvalue weighted by Crippen LogP contribution is -2.41. The molecule has 1 aromatic heterocycles. The van der Waals surface area contributed by atoms with Gasteiger partial charge in [-0.05, 0) is 45.0 Å². The molecule has 0 radical (unpaired) electrons. The van der Waals surface area contributed by atoms with Gasteiger partial charge in [-0.25, -0.2) is 0 Å². The quantitative estimate of drug-likeness (QED) is 0.479. The number of benzene rings is 2. The number of carbonyl (C=O) groups excluding carboxylic acids is 2. The number of nitrogens with one attached hydrogen (secondary N) is 1. The van der Waals surface area contributed by atoms with Crippen LogP contribution in [0.3, 0.4) is 0 Å². The van der Waals surface area contributed by atoms with Gasteiger partial charge in [0.1, 0.15) is 6.54 Å². The smallest absolute Gasteiger partial charge is 0.242 e. The number of carbonyl (C=O) groups is 2. The molecule has 0 aliphatic carbocycles. The Labute approximate surface area is 186 Å². The average molecular weight is 435 g/mol. The minimum absolute atomic E-state index is 0.00682. The van der Waals surface area contributed by atoms with Gasteiger partial charge in [-0.15, -0.1) is 0 Å². The van der Waals surface area contributed by atoms with Gasteiger partial charge in [-0.2, -0.15) is 5.10 Å². The van der Waals surface area contributed by atoms with E-state index in [-0.39, 0.29) is 24.2 Å². The van der Waals surface area contributed by atoms with Gasteiger partial charge in [-0.3, -0.25) is 19.3 Å². The summed E-state index contributed by atoms with van der Waals surface area (Å²) in [6, 6.07) is 15.7. The third-order valence-electron chi connectivity index (χ3n) is 5.88. The van der Waals surface area contributed by atoms with Crippen LogP contribution in [0.25, 0.3) is 11.4 Å². The maximum absolute atomic E-state index is 13.0. The van der Waals surface area contributed by atoms with Gasteiger partial charge in [-0.1, -0.05) is 53.6 Å². The SMILES string of the molecule is Cc1ccc(C(=O)C2CCN(C(=O)Cn3c(-c4cccc(C)c4)n[nH]c3=S)CC2)cc1. The second-order valence-electron chi connectivity index (χ2n) is 8.19. The van der Waals surface area contributed by atoms with Crippen molar-refractivity contribution in [1.29, 1.82) is 0 Å². The Balaban J connectivity index is 1.41. The third-order valence-corrected chi connectivity index (χ3v) is 6.19. The van der Waals surface area contributed by atoms with Crippen molar-refractivity contribution in [2.24, 2.45) is 5.92 Å². The number of H-pyrrole nitrogens is 1. The van der Waals surface area contributed by atoms with Crippen molar-refractivity contribution in [2.45, 2.75) is 33.2 Å². The van der Waals surface area contributed by atoms with E-state index in [0.29, 0.717) is 36.5 Å². The number of rotatable bonds is 5. The molecule has 31 heavy (non-hydrogen) atoms. The Morgan fingerprint density at radius 3 is 2.45 bits per heavy atom. The Morgan fingerprint density at radius 1 is 1.06 bits per heavy atom. The first-order valence-corrected chi connectivity index (χ1v) is 10.9. The lowest BCUT2D eigenvalue weighted by molar-refractivity contribution is -0.133. The minimum atomic E-state index is -0.0364. The molecule has 7 heteroatoms. The van der Waals surface area contributed by atoms with Gasteiger partial charge in [0.05, 0.1) is 0 Å². The van der Waals surface area contributed by atoms with E-state index in [1.165, 1.54) is 0 Å². The number of aryl methyl sites for hydroxylation is 2. The molecule has 1 N–H and O–H groups in total. The van der Waals surface area contributed by atoms with E-state index in [4.69, 9.17) is 12.2 Å². The van der Waals surface area contributed by atoms with Crippen molar-refractivity contribution < 1.29 is 9.59 Å². The van der Waals surface area contributed by atoms with Crippen LogP contribution >= 0.6 is 12.2 Å². The molecule has 0 unspecified atom stereocenters. The van der Waals surface area contributed by atoms with Crippen molar-refractivity contribution >= 4 is 23.9 Å². The summed E-state index contributed by atoms with van der Waals surface area (Å²) in [5.41, 5.74) is 3.93. The van der Waals surface area contributed by atoms with E-state index in [0.717, 1.165) is 22.3 Å². The Bertz CT molecular complexity index is 1150. The van der Waals surface area contributed by atoms with Gasteiger partial charge in [0.2, 0.25) is 5.91 Å². The monoisotopic (exact) mass is 434 g/mol. The largest absolute Gasteiger partial charge is 0.341 e. The Morgan fingerprint density at radius 2 is 1.77 bits per heavy atom. The standard InChI is InChI=1S/C24H26N4O2S/c1-16-6-8-18(9-7-16)22(30)19-10-12-27(13-11-19)21(29)15-28-23(25-26-24(28)31)20-5-3-4-17(2)14-20/h3-9,14,19H,10-13,15H2,1-2H3,(H,26,31). The Kier molecular flexibility index (Phi) is 6.13. The van der Waals surface area contributed by atoms with Crippen molar-refractivity contribution in [2.75, 3.05) is 13.1 Å². The zero-order valence-electron chi connectivity index (χ0n) is 17.8. The van der Waals surface area contributed by atoms with E-state index >= 15 is 0 Å². The topological polar surface area (TPSA) is 71.0 Å². The van der Waals surface area contributed by atoms with Crippen LogP contribution in [-0.4, -0.2) is 44.4 Å². The van der Waals surface area contributed by atoms with Gasteiger partial charge >= 0.3 is 0 Å². The third kappa shape index (κ3) is 4.66. The molecule has 1 aliphatic rings. The molecule has 2 aromatic carbocycles. The highest BCUT2D eigenvalue weighted by Gasteiger charge is 2.28. The molecular formula is C24H26N4O2S. The zero-order valence-corrected chi connectivity index (χ0v) is 18.6. The number of Topliss-reactive ketones (excluding diaryl/α,β-unsaturated/α-hetero) is 1. The van der Waals surface area contributed by atoms with Gasteiger partial charge in [0.25, 0.3) is 0 Å².